The van der Waals surface area contributed by atoms with Crippen molar-refractivity contribution < 1.29 is 65.3 Å². The van der Waals surface area contributed by atoms with Gasteiger partial charge in [-0.3, -0.25) is 38.9 Å². The van der Waals surface area contributed by atoms with Gasteiger partial charge in [-0.25, -0.2) is 18.5 Å². The second-order valence-electron chi connectivity index (χ2n) is 15.0. The number of carbonyl (C=O) groups excluding carboxylic acids is 1. The van der Waals surface area contributed by atoms with Crippen LogP contribution >= 0.6 is 38.7 Å². The number of halogens is 2. The number of aliphatic carboxylic acids is 1. The highest BCUT2D eigenvalue weighted by molar-refractivity contribution is 7.51. The van der Waals surface area contributed by atoms with E-state index in [0.717, 1.165) is 17.5 Å². The molecule has 2 aromatic heterocycles. The van der Waals surface area contributed by atoms with E-state index in [1.807, 2.05) is 0 Å². The third-order valence-corrected chi connectivity index (χ3v) is 13.9. The molecule has 67 heavy (non-hydrogen) atoms. The molecule has 0 spiro atoms. The maximum absolute atomic E-state index is 13.6. The molecule has 368 valence electrons. The largest absolute Gasteiger partial charge is 0.481 e. The van der Waals surface area contributed by atoms with Gasteiger partial charge in [0.05, 0.1) is 24.0 Å². The number of furan rings is 2. The molecule has 2 aromatic carbocycles. The number of rotatable bonds is 30. The number of alkyl halides is 2. The van der Waals surface area contributed by atoms with Gasteiger partial charge in [-0.2, -0.15) is 0 Å². The van der Waals surface area contributed by atoms with Gasteiger partial charge in [-0.1, -0.05) is 50.8 Å². The third-order valence-electron chi connectivity index (χ3n) is 9.50. The minimum Gasteiger partial charge on any atom is -0.481 e. The van der Waals surface area contributed by atoms with Crippen molar-refractivity contribution in [2.45, 2.75) is 65.6 Å². The van der Waals surface area contributed by atoms with Crippen molar-refractivity contribution in [3.8, 4) is 11.5 Å². The summed E-state index contributed by atoms with van der Waals surface area (Å²) in [4.78, 5) is 43.3. The highest BCUT2D eigenvalue weighted by atomic mass is 35.5. The minimum absolute atomic E-state index is 0.132. The van der Waals surface area contributed by atoms with E-state index in [9.17, 15) is 38.9 Å². The number of nitrogens with zero attached hydrogens (tertiary/aromatic N) is 4. The second kappa shape index (κ2) is 28.3. The average Bonchev–Trinajstić information content (AvgIpc) is 4.00. The molecule has 0 saturated carbocycles. The quantitative estimate of drug-likeness (QED) is 0.00968. The number of esters is 1. The summed E-state index contributed by atoms with van der Waals surface area (Å²) in [6.45, 7) is 7.27. The third kappa shape index (κ3) is 19.2. The van der Waals surface area contributed by atoms with Gasteiger partial charge in [-0.15, -0.1) is 23.2 Å². The Labute approximate surface area is 398 Å². The first-order valence-electron chi connectivity index (χ1n) is 20.9. The molecule has 0 bridgehead atoms. The first-order valence-corrected chi connectivity index (χ1v) is 25.0. The predicted octanol–water partition coefficient (Wildman–Crippen LogP) is 10.9. The molecule has 0 aliphatic rings. The van der Waals surface area contributed by atoms with Crippen molar-refractivity contribution in [3.05, 3.63) is 128 Å². The maximum Gasteiger partial charge on any atom is 0.461 e. The molecule has 24 heteroatoms. The number of benzene rings is 2. The molecule has 1 N–H and O–H groups in total. The Morgan fingerprint density at radius 3 is 1.46 bits per heavy atom. The van der Waals surface area contributed by atoms with Gasteiger partial charge in [0.15, 0.2) is 0 Å². The molecule has 0 fully saturated rings. The number of unbranched alkanes of at least 4 members (excludes halogenated alkanes) is 2. The molecule has 2 heterocycles. The summed E-state index contributed by atoms with van der Waals surface area (Å²) in [6.07, 6.45) is 5.08. The van der Waals surface area contributed by atoms with E-state index in [2.05, 4.69) is 6.58 Å². The van der Waals surface area contributed by atoms with Crippen molar-refractivity contribution in [3.63, 3.8) is 0 Å². The molecule has 4 unspecified atom stereocenters. The number of nitro groups is 2. The van der Waals surface area contributed by atoms with Crippen molar-refractivity contribution in [1.29, 1.82) is 0 Å². The van der Waals surface area contributed by atoms with Gasteiger partial charge in [0.1, 0.15) is 52.7 Å². The van der Waals surface area contributed by atoms with Crippen LogP contribution in [0.25, 0.3) is 0 Å². The predicted molar refractivity (Wildman–Crippen MR) is 249 cm³/mol. The summed E-state index contributed by atoms with van der Waals surface area (Å²) in [5.74, 6) is -1.20. The molecule has 4 atom stereocenters. The molecule has 0 aliphatic heterocycles. The zero-order valence-electron chi connectivity index (χ0n) is 37.6. The van der Waals surface area contributed by atoms with Crippen molar-refractivity contribution in [2.75, 3.05) is 45.6 Å². The lowest BCUT2D eigenvalue weighted by Crippen LogP contribution is -2.21. The van der Waals surface area contributed by atoms with Crippen LogP contribution in [0.2, 0.25) is 0 Å². The molecule has 20 nitrogen and oxygen atoms in total. The number of hydrogen-bond acceptors (Lipinski definition) is 15. The van der Waals surface area contributed by atoms with Crippen molar-refractivity contribution >= 4 is 62.4 Å². The van der Waals surface area contributed by atoms with Gasteiger partial charge in [0.2, 0.25) is 0 Å². The molecule has 0 amide bonds. The summed E-state index contributed by atoms with van der Waals surface area (Å²) >= 11 is 11.5. The second-order valence-corrected chi connectivity index (χ2v) is 19.8. The Morgan fingerprint density at radius 2 is 1.12 bits per heavy atom. The van der Waals surface area contributed by atoms with Crippen LogP contribution < -0.4 is 9.05 Å². The Kier molecular flexibility index (Phi) is 23.8. The molecule has 0 aliphatic carbocycles. The summed E-state index contributed by atoms with van der Waals surface area (Å²) in [7, 11) is -4.50. The highest BCUT2D eigenvalue weighted by Gasteiger charge is 2.35. The Hall–Kier alpha value is -5.04. The number of hydrogen-bond donors (Lipinski definition) is 1. The van der Waals surface area contributed by atoms with Gasteiger partial charge in [0, 0.05) is 24.8 Å². The van der Waals surface area contributed by atoms with Crippen LogP contribution in [-0.2, 0) is 58.6 Å². The first kappa shape index (κ1) is 56.3. The monoisotopic (exact) mass is 1020 g/mol. The summed E-state index contributed by atoms with van der Waals surface area (Å²) in [5.41, 5.74) is 1.66. The van der Waals surface area contributed by atoms with Gasteiger partial charge in [-0.05, 0) is 100 Å². The van der Waals surface area contributed by atoms with Gasteiger partial charge >= 0.3 is 39.2 Å². The van der Waals surface area contributed by atoms with E-state index in [-0.39, 0.29) is 49.0 Å². The zero-order valence-corrected chi connectivity index (χ0v) is 40.9. The smallest absolute Gasteiger partial charge is 0.461 e. The standard InChI is InChI=1S/C23H30ClN2O8P.C20H26ClN2O8P/c1-4-15-31-23(27)18(2)16-19-7-9-20(10-8-19)34-35(30,25(3)14-6-5-13-24)32-17-21-11-12-22(33-21)26(28)29;1-15(20(24)25)13-16-5-7-17(8-6-16)31-32(28,22(2)12-4-3-11-21)29-14-18-9-10-19(30-18)23(26)27/h4,7-12,18H,1,5-6,13-17H2,2-3H3;5-10,15H,3-4,11-14H2,1-2H3,(H,24,25). The normalized spacial score (nSPS) is 13.9. The van der Waals surface area contributed by atoms with Crippen LogP contribution in [-0.4, -0.2) is 81.8 Å². The van der Waals surface area contributed by atoms with E-state index in [0.29, 0.717) is 62.7 Å². The van der Waals surface area contributed by atoms with Crippen molar-refractivity contribution in [2.24, 2.45) is 11.8 Å². The summed E-state index contributed by atoms with van der Waals surface area (Å²) in [6, 6.07) is 18.5. The lowest BCUT2D eigenvalue weighted by Gasteiger charge is -2.27. The number of carbonyl (C=O) groups is 2. The number of carboxylic acid groups (broad SMARTS) is 1. The molecule has 0 radical (unpaired) electrons. The Balaban J connectivity index is 0.000000357. The van der Waals surface area contributed by atoms with Crippen LogP contribution in [0.3, 0.4) is 0 Å². The Bertz CT molecular complexity index is 2290. The van der Waals surface area contributed by atoms with Crippen molar-refractivity contribution in [1.82, 2.24) is 9.34 Å². The molecule has 4 rings (SSSR count). The van der Waals surface area contributed by atoms with Crippen LogP contribution in [0.5, 0.6) is 11.5 Å². The SMILES string of the molecule is C=CCOC(=O)C(C)Cc1ccc(OP(=O)(OCc2ccc([N+](=O)[O-])o2)N(C)CCCCCl)cc1.CC(Cc1ccc(OP(=O)(OCc2ccc([N+](=O)[O-])o2)N(C)CCCCCl)cc1)C(=O)O. The van der Waals surface area contributed by atoms with Gasteiger partial charge in [0.25, 0.3) is 0 Å². The zero-order chi connectivity index (χ0) is 49.6. The van der Waals surface area contributed by atoms with E-state index in [4.69, 9.17) is 60.0 Å². The minimum atomic E-state index is -3.85. The first-order chi connectivity index (χ1) is 31.8. The molecule has 4 aromatic rings. The Morgan fingerprint density at radius 1 is 0.716 bits per heavy atom. The van der Waals surface area contributed by atoms with Crippen LogP contribution in [0.4, 0.5) is 11.8 Å². The maximum atomic E-state index is 13.6. The summed E-state index contributed by atoms with van der Waals surface area (Å²) < 4.78 is 68.0. The number of carboxylic acids is 1. The van der Waals surface area contributed by atoms with Crippen LogP contribution in [0, 0.1) is 32.1 Å². The fourth-order valence-corrected chi connectivity index (χ4v) is 8.97. The van der Waals surface area contributed by atoms with E-state index in [1.165, 1.54) is 39.7 Å². The molecular formula is C43H56Cl2N4O16P2. The average molecular weight is 1020 g/mol. The van der Waals surface area contributed by atoms with E-state index < -0.39 is 49.0 Å². The lowest BCUT2D eigenvalue weighted by molar-refractivity contribution is -0.402. The van der Waals surface area contributed by atoms with E-state index in [1.54, 1.807) is 76.5 Å². The lowest BCUT2D eigenvalue weighted by atomic mass is 10.0. The molecular weight excluding hydrogens is 961 g/mol. The fourth-order valence-electron chi connectivity index (χ4n) is 5.68. The van der Waals surface area contributed by atoms with Crippen LogP contribution in [0.1, 0.15) is 62.2 Å². The fraction of sp³-hybridized carbons (Fsp3) is 0.442. The number of ether oxygens (including phenoxy) is 1. The highest BCUT2D eigenvalue weighted by Crippen LogP contribution is 2.53. The van der Waals surface area contributed by atoms with Crippen LogP contribution in [0.15, 0.2) is 94.3 Å². The van der Waals surface area contributed by atoms with Gasteiger partial charge < -0.3 is 27.7 Å². The topological polar surface area (TPSA) is 254 Å². The van der Waals surface area contributed by atoms with E-state index >= 15 is 0 Å². The molecule has 0 saturated heterocycles. The summed E-state index contributed by atoms with van der Waals surface area (Å²) in [5, 5.41) is 30.7.